The zero-order valence-electron chi connectivity index (χ0n) is 9.70. The second-order valence-corrected chi connectivity index (χ2v) is 6.33. The van der Waals surface area contributed by atoms with Crippen LogP contribution in [0.15, 0.2) is 0 Å². The van der Waals surface area contributed by atoms with E-state index < -0.39 is 10.0 Å². The molecule has 1 aliphatic heterocycles. The average Bonchev–Trinajstić information content (AvgIpc) is 2.26. The lowest BCUT2D eigenvalue weighted by atomic mass is 10.1. The summed E-state index contributed by atoms with van der Waals surface area (Å²) in [5.74, 6) is 0.288. The Balaban J connectivity index is 2.53. The van der Waals surface area contributed by atoms with Crippen LogP contribution in [0.2, 0.25) is 0 Å². The molecular weight excluding hydrogens is 212 g/mol. The van der Waals surface area contributed by atoms with Crippen molar-refractivity contribution in [3.8, 4) is 0 Å². The standard InChI is InChI=1S/C10H22N2O2S/c1-3-4-8-15(13,14)12(2)10-6-5-7-11-9-10/h10-11H,3-9H2,1-2H3. The molecule has 5 heteroatoms. The fraction of sp³-hybridized carbons (Fsp3) is 1.00. The minimum atomic E-state index is -3.03. The van der Waals surface area contributed by atoms with E-state index in [9.17, 15) is 8.42 Å². The minimum Gasteiger partial charge on any atom is -0.315 e. The Hall–Kier alpha value is -0.130. The summed E-state index contributed by atoms with van der Waals surface area (Å²) in [5.41, 5.74) is 0. The van der Waals surface area contributed by atoms with E-state index in [1.165, 1.54) is 0 Å². The van der Waals surface area contributed by atoms with E-state index in [2.05, 4.69) is 5.32 Å². The van der Waals surface area contributed by atoms with Crippen LogP contribution in [0.5, 0.6) is 0 Å². The van der Waals surface area contributed by atoms with Gasteiger partial charge >= 0.3 is 0 Å². The number of piperidine rings is 1. The molecule has 0 spiro atoms. The quantitative estimate of drug-likeness (QED) is 0.765. The molecule has 1 aliphatic rings. The van der Waals surface area contributed by atoms with Gasteiger partial charge in [0.25, 0.3) is 0 Å². The minimum absolute atomic E-state index is 0.153. The zero-order valence-corrected chi connectivity index (χ0v) is 10.5. The van der Waals surface area contributed by atoms with Gasteiger partial charge in [-0.25, -0.2) is 12.7 Å². The van der Waals surface area contributed by atoms with Gasteiger partial charge in [0.1, 0.15) is 0 Å². The van der Waals surface area contributed by atoms with E-state index in [-0.39, 0.29) is 11.8 Å². The molecule has 90 valence electrons. The maximum atomic E-state index is 11.9. The Morgan fingerprint density at radius 2 is 2.20 bits per heavy atom. The molecule has 1 heterocycles. The van der Waals surface area contributed by atoms with Crippen molar-refractivity contribution in [2.75, 3.05) is 25.9 Å². The van der Waals surface area contributed by atoms with Crippen molar-refractivity contribution in [2.45, 2.75) is 38.6 Å². The molecule has 0 amide bonds. The van der Waals surface area contributed by atoms with Gasteiger partial charge in [0.05, 0.1) is 5.75 Å². The van der Waals surface area contributed by atoms with Crippen LogP contribution in [0.4, 0.5) is 0 Å². The Morgan fingerprint density at radius 3 is 2.73 bits per heavy atom. The Morgan fingerprint density at radius 1 is 1.47 bits per heavy atom. The number of sulfonamides is 1. The summed E-state index contributed by atoms with van der Waals surface area (Å²) in [6, 6.07) is 0.153. The molecule has 1 rings (SSSR count). The second-order valence-electron chi connectivity index (χ2n) is 4.19. The topological polar surface area (TPSA) is 49.4 Å². The van der Waals surface area contributed by atoms with E-state index >= 15 is 0 Å². The normalized spacial score (nSPS) is 23.3. The predicted molar refractivity (Wildman–Crippen MR) is 62.3 cm³/mol. The van der Waals surface area contributed by atoms with E-state index in [4.69, 9.17) is 0 Å². The summed E-state index contributed by atoms with van der Waals surface area (Å²) < 4.78 is 25.3. The van der Waals surface area contributed by atoms with E-state index in [0.717, 1.165) is 38.8 Å². The van der Waals surface area contributed by atoms with Crippen molar-refractivity contribution < 1.29 is 8.42 Å². The highest BCUT2D eigenvalue weighted by molar-refractivity contribution is 7.89. The summed E-state index contributed by atoms with van der Waals surface area (Å²) in [4.78, 5) is 0. The molecule has 0 bridgehead atoms. The summed E-state index contributed by atoms with van der Waals surface area (Å²) in [5, 5.41) is 3.24. The van der Waals surface area contributed by atoms with Crippen LogP contribution in [-0.4, -0.2) is 44.7 Å². The number of hydrogen-bond donors (Lipinski definition) is 1. The van der Waals surface area contributed by atoms with Crippen molar-refractivity contribution >= 4 is 10.0 Å². The summed E-state index contributed by atoms with van der Waals surface area (Å²) in [6.07, 6.45) is 3.73. The maximum Gasteiger partial charge on any atom is 0.214 e. The first-order valence-corrected chi connectivity index (χ1v) is 7.35. The highest BCUT2D eigenvalue weighted by Gasteiger charge is 2.26. The summed E-state index contributed by atoms with van der Waals surface area (Å²) >= 11 is 0. The molecule has 15 heavy (non-hydrogen) atoms. The molecular formula is C10H22N2O2S. The number of nitrogens with zero attached hydrogens (tertiary/aromatic N) is 1. The molecule has 1 fully saturated rings. The van der Waals surface area contributed by atoms with E-state index in [1.807, 2.05) is 6.92 Å². The first kappa shape index (κ1) is 12.9. The molecule has 4 nitrogen and oxygen atoms in total. The molecule has 1 N–H and O–H groups in total. The number of nitrogens with one attached hydrogen (secondary N) is 1. The highest BCUT2D eigenvalue weighted by Crippen LogP contribution is 2.13. The molecule has 0 radical (unpaired) electrons. The van der Waals surface area contributed by atoms with Gasteiger partial charge in [-0.15, -0.1) is 0 Å². The van der Waals surface area contributed by atoms with Crippen molar-refractivity contribution in [1.29, 1.82) is 0 Å². The summed E-state index contributed by atoms with van der Waals surface area (Å²) in [7, 11) is -1.32. The Labute approximate surface area is 93.1 Å². The van der Waals surface area contributed by atoms with Crippen LogP contribution < -0.4 is 5.32 Å². The van der Waals surface area contributed by atoms with Gasteiger partial charge in [0.2, 0.25) is 10.0 Å². The Bertz CT molecular complexity index is 271. The predicted octanol–water partition coefficient (Wildman–Crippen LogP) is 0.800. The molecule has 0 saturated carbocycles. The smallest absolute Gasteiger partial charge is 0.214 e. The van der Waals surface area contributed by atoms with Gasteiger partial charge in [-0.1, -0.05) is 13.3 Å². The fourth-order valence-corrected chi connectivity index (χ4v) is 3.42. The van der Waals surface area contributed by atoms with E-state index in [0.29, 0.717) is 0 Å². The van der Waals surface area contributed by atoms with Gasteiger partial charge in [-0.05, 0) is 25.8 Å². The number of rotatable bonds is 5. The number of hydrogen-bond acceptors (Lipinski definition) is 3. The fourth-order valence-electron chi connectivity index (χ4n) is 1.84. The van der Waals surface area contributed by atoms with Gasteiger partial charge in [-0.3, -0.25) is 0 Å². The SMILES string of the molecule is CCCCS(=O)(=O)N(C)C1CCCNC1. The highest BCUT2D eigenvalue weighted by atomic mass is 32.2. The van der Waals surface area contributed by atoms with Crippen molar-refractivity contribution in [3.05, 3.63) is 0 Å². The van der Waals surface area contributed by atoms with Crippen LogP contribution in [-0.2, 0) is 10.0 Å². The molecule has 0 aliphatic carbocycles. The average molecular weight is 234 g/mol. The molecule has 1 saturated heterocycles. The zero-order chi connectivity index (χ0) is 11.3. The lowest BCUT2D eigenvalue weighted by Crippen LogP contribution is -2.47. The lowest BCUT2D eigenvalue weighted by Gasteiger charge is -2.30. The number of unbranched alkanes of at least 4 members (excludes halogenated alkanes) is 1. The second kappa shape index (κ2) is 5.82. The van der Waals surface area contributed by atoms with Gasteiger partial charge < -0.3 is 5.32 Å². The molecule has 0 aromatic carbocycles. The van der Waals surface area contributed by atoms with Crippen molar-refractivity contribution in [3.63, 3.8) is 0 Å². The van der Waals surface area contributed by atoms with Gasteiger partial charge in [-0.2, -0.15) is 0 Å². The van der Waals surface area contributed by atoms with E-state index in [1.54, 1.807) is 11.4 Å². The van der Waals surface area contributed by atoms with Gasteiger partial charge in [0, 0.05) is 19.6 Å². The summed E-state index contributed by atoms with van der Waals surface area (Å²) in [6.45, 7) is 3.82. The van der Waals surface area contributed by atoms with Crippen LogP contribution in [0.1, 0.15) is 32.6 Å². The van der Waals surface area contributed by atoms with Crippen LogP contribution in [0, 0.1) is 0 Å². The third-order valence-electron chi connectivity index (χ3n) is 2.98. The maximum absolute atomic E-state index is 11.9. The van der Waals surface area contributed by atoms with Crippen LogP contribution >= 0.6 is 0 Å². The molecule has 0 aromatic heterocycles. The molecule has 0 aromatic rings. The van der Waals surface area contributed by atoms with Crippen molar-refractivity contribution in [1.82, 2.24) is 9.62 Å². The van der Waals surface area contributed by atoms with Gasteiger partial charge in [0.15, 0.2) is 0 Å². The first-order chi connectivity index (χ1) is 7.08. The molecule has 1 atom stereocenters. The number of likely N-dealkylation sites (N-methyl/N-ethyl adjacent to an activating group) is 1. The van der Waals surface area contributed by atoms with Crippen molar-refractivity contribution in [2.24, 2.45) is 0 Å². The lowest BCUT2D eigenvalue weighted by molar-refractivity contribution is 0.300. The van der Waals surface area contributed by atoms with Crippen LogP contribution in [0.25, 0.3) is 0 Å². The first-order valence-electron chi connectivity index (χ1n) is 5.74. The molecule has 1 unspecified atom stereocenters. The third kappa shape index (κ3) is 3.74. The monoisotopic (exact) mass is 234 g/mol. The van der Waals surface area contributed by atoms with Crippen LogP contribution in [0.3, 0.4) is 0 Å². The Kier molecular flexibility index (Phi) is 5.02. The largest absolute Gasteiger partial charge is 0.315 e. The third-order valence-corrected chi connectivity index (χ3v) is 4.96.